The van der Waals surface area contributed by atoms with Gasteiger partial charge in [0.1, 0.15) is 12.4 Å². The van der Waals surface area contributed by atoms with Gasteiger partial charge in [-0.25, -0.2) is 0 Å². The molecular formula is C16H20ClN3O2. The summed E-state index contributed by atoms with van der Waals surface area (Å²) in [6.45, 7) is 2.94. The zero-order valence-corrected chi connectivity index (χ0v) is 13.6. The van der Waals surface area contributed by atoms with E-state index in [9.17, 15) is 4.79 Å². The first-order chi connectivity index (χ1) is 10.6. The van der Waals surface area contributed by atoms with E-state index in [1.54, 1.807) is 13.2 Å². The molecule has 1 amide bonds. The standard InChI is InChI=1S/C16H20ClN3O2/c1-3-4-12-5-7-13(8-6-12)22-10-9-18-16(21)15-14(17)11-20(2)19-15/h5-8,11H,3-4,9-10H2,1-2H3,(H,18,21). The summed E-state index contributed by atoms with van der Waals surface area (Å²) in [6, 6.07) is 8.01. The number of rotatable bonds is 7. The number of aromatic nitrogens is 2. The fourth-order valence-electron chi connectivity index (χ4n) is 2.07. The number of nitrogens with zero attached hydrogens (tertiary/aromatic N) is 2. The maximum atomic E-state index is 11.9. The lowest BCUT2D eigenvalue weighted by Crippen LogP contribution is -2.28. The fraction of sp³-hybridized carbons (Fsp3) is 0.375. The molecule has 6 heteroatoms. The molecule has 0 radical (unpaired) electrons. The molecule has 1 heterocycles. The van der Waals surface area contributed by atoms with Crippen LogP contribution >= 0.6 is 11.6 Å². The molecule has 0 bridgehead atoms. The van der Waals surface area contributed by atoms with Gasteiger partial charge in [-0.15, -0.1) is 0 Å². The van der Waals surface area contributed by atoms with E-state index >= 15 is 0 Å². The summed E-state index contributed by atoms with van der Waals surface area (Å²) in [5.74, 6) is 0.498. The molecule has 0 aliphatic rings. The second kappa shape index (κ2) is 7.84. The minimum absolute atomic E-state index is 0.230. The second-order valence-electron chi connectivity index (χ2n) is 5.00. The molecule has 2 rings (SSSR count). The Bertz CT molecular complexity index is 623. The van der Waals surface area contributed by atoms with E-state index in [2.05, 4.69) is 29.5 Å². The number of ether oxygens (including phenoxy) is 1. The van der Waals surface area contributed by atoms with Crippen LogP contribution in [-0.2, 0) is 13.5 Å². The Labute approximate surface area is 135 Å². The Morgan fingerprint density at radius 2 is 2.09 bits per heavy atom. The van der Waals surface area contributed by atoms with Crippen LogP contribution in [0.25, 0.3) is 0 Å². The van der Waals surface area contributed by atoms with Gasteiger partial charge in [-0.2, -0.15) is 5.10 Å². The number of halogens is 1. The topological polar surface area (TPSA) is 56.1 Å². The Morgan fingerprint density at radius 1 is 1.36 bits per heavy atom. The summed E-state index contributed by atoms with van der Waals surface area (Å²) in [7, 11) is 1.72. The van der Waals surface area contributed by atoms with Crippen molar-refractivity contribution in [1.82, 2.24) is 15.1 Å². The van der Waals surface area contributed by atoms with Crippen LogP contribution in [0.5, 0.6) is 5.75 Å². The third-order valence-corrected chi connectivity index (χ3v) is 3.39. The van der Waals surface area contributed by atoms with Crippen molar-refractivity contribution in [2.75, 3.05) is 13.2 Å². The quantitative estimate of drug-likeness (QED) is 0.798. The van der Waals surface area contributed by atoms with Gasteiger partial charge in [0.15, 0.2) is 5.69 Å². The van der Waals surface area contributed by atoms with Crippen LogP contribution in [0.1, 0.15) is 29.4 Å². The molecule has 0 unspecified atom stereocenters. The van der Waals surface area contributed by atoms with E-state index < -0.39 is 0 Å². The monoisotopic (exact) mass is 321 g/mol. The molecule has 0 aliphatic heterocycles. The van der Waals surface area contributed by atoms with Gasteiger partial charge in [0.25, 0.3) is 5.91 Å². The van der Waals surface area contributed by atoms with E-state index in [0.717, 1.165) is 18.6 Å². The predicted octanol–water partition coefficient (Wildman–Crippen LogP) is 2.83. The van der Waals surface area contributed by atoms with E-state index in [1.165, 1.54) is 10.2 Å². The highest BCUT2D eigenvalue weighted by atomic mass is 35.5. The van der Waals surface area contributed by atoms with Gasteiger partial charge >= 0.3 is 0 Å². The molecule has 0 aliphatic carbocycles. The lowest BCUT2D eigenvalue weighted by molar-refractivity contribution is 0.0941. The van der Waals surface area contributed by atoms with Crippen molar-refractivity contribution in [2.45, 2.75) is 19.8 Å². The lowest BCUT2D eigenvalue weighted by Gasteiger charge is -2.08. The summed E-state index contributed by atoms with van der Waals surface area (Å²) in [5.41, 5.74) is 1.53. The summed E-state index contributed by atoms with van der Waals surface area (Å²) < 4.78 is 7.09. The summed E-state index contributed by atoms with van der Waals surface area (Å²) in [5, 5.41) is 7.08. The summed E-state index contributed by atoms with van der Waals surface area (Å²) in [6.07, 6.45) is 3.79. The zero-order chi connectivity index (χ0) is 15.9. The highest BCUT2D eigenvalue weighted by molar-refractivity contribution is 6.33. The van der Waals surface area contributed by atoms with Gasteiger partial charge in [0.2, 0.25) is 0 Å². The first-order valence-electron chi connectivity index (χ1n) is 7.29. The first-order valence-corrected chi connectivity index (χ1v) is 7.67. The molecule has 1 N–H and O–H groups in total. The molecule has 0 spiro atoms. The van der Waals surface area contributed by atoms with Crippen molar-refractivity contribution < 1.29 is 9.53 Å². The van der Waals surface area contributed by atoms with Gasteiger partial charge < -0.3 is 10.1 Å². The Kier molecular flexibility index (Phi) is 5.83. The smallest absolute Gasteiger partial charge is 0.273 e. The van der Waals surface area contributed by atoms with Crippen LogP contribution in [-0.4, -0.2) is 28.8 Å². The molecule has 0 fully saturated rings. The van der Waals surface area contributed by atoms with E-state index in [0.29, 0.717) is 18.2 Å². The van der Waals surface area contributed by atoms with Crippen LogP contribution in [0, 0.1) is 0 Å². The molecule has 5 nitrogen and oxygen atoms in total. The van der Waals surface area contributed by atoms with Crippen LogP contribution in [0.2, 0.25) is 5.02 Å². The Morgan fingerprint density at radius 3 is 2.68 bits per heavy atom. The van der Waals surface area contributed by atoms with Crippen LogP contribution in [0.4, 0.5) is 0 Å². The van der Waals surface area contributed by atoms with Crippen molar-refractivity contribution in [2.24, 2.45) is 7.05 Å². The van der Waals surface area contributed by atoms with Crippen molar-refractivity contribution in [3.05, 3.63) is 46.7 Å². The van der Waals surface area contributed by atoms with Gasteiger partial charge in [0.05, 0.1) is 11.6 Å². The average molecular weight is 322 g/mol. The number of carbonyl (C=O) groups excluding carboxylic acids is 1. The number of benzene rings is 1. The number of nitrogens with one attached hydrogen (secondary N) is 1. The number of aryl methyl sites for hydroxylation is 2. The minimum Gasteiger partial charge on any atom is -0.492 e. The lowest BCUT2D eigenvalue weighted by atomic mass is 10.1. The highest BCUT2D eigenvalue weighted by Crippen LogP contribution is 2.14. The number of amides is 1. The summed E-state index contributed by atoms with van der Waals surface area (Å²) >= 11 is 5.91. The predicted molar refractivity (Wildman–Crippen MR) is 86.5 cm³/mol. The number of carbonyl (C=O) groups is 1. The summed E-state index contributed by atoms with van der Waals surface area (Å²) in [4.78, 5) is 11.9. The Hall–Kier alpha value is -2.01. The Balaban J connectivity index is 1.75. The SMILES string of the molecule is CCCc1ccc(OCCNC(=O)c2nn(C)cc2Cl)cc1. The average Bonchev–Trinajstić information content (AvgIpc) is 2.84. The maximum Gasteiger partial charge on any atom is 0.273 e. The third-order valence-electron chi connectivity index (χ3n) is 3.12. The highest BCUT2D eigenvalue weighted by Gasteiger charge is 2.13. The maximum absolute atomic E-state index is 11.9. The molecule has 1 aromatic carbocycles. The van der Waals surface area contributed by atoms with Gasteiger partial charge in [-0.1, -0.05) is 37.1 Å². The molecular weight excluding hydrogens is 302 g/mol. The van der Waals surface area contributed by atoms with Crippen LogP contribution in [0.15, 0.2) is 30.5 Å². The van der Waals surface area contributed by atoms with Crippen molar-refractivity contribution in [3.63, 3.8) is 0 Å². The van der Waals surface area contributed by atoms with Crippen LogP contribution < -0.4 is 10.1 Å². The van der Waals surface area contributed by atoms with Crippen molar-refractivity contribution in [3.8, 4) is 5.75 Å². The fourth-order valence-corrected chi connectivity index (χ4v) is 2.34. The van der Waals surface area contributed by atoms with Crippen molar-refractivity contribution >= 4 is 17.5 Å². The normalized spacial score (nSPS) is 10.5. The molecule has 0 atom stereocenters. The minimum atomic E-state index is -0.299. The number of hydrogen-bond acceptors (Lipinski definition) is 3. The van der Waals surface area contributed by atoms with E-state index in [4.69, 9.17) is 16.3 Å². The molecule has 0 saturated heterocycles. The second-order valence-corrected chi connectivity index (χ2v) is 5.40. The molecule has 1 aromatic heterocycles. The molecule has 22 heavy (non-hydrogen) atoms. The van der Waals surface area contributed by atoms with E-state index in [-0.39, 0.29) is 11.6 Å². The van der Waals surface area contributed by atoms with Gasteiger partial charge in [0, 0.05) is 13.2 Å². The van der Waals surface area contributed by atoms with E-state index in [1.807, 2.05) is 12.1 Å². The molecule has 2 aromatic rings. The van der Waals surface area contributed by atoms with Gasteiger partial charge in [-0.05, 0) is 24.1 Å². The van der Waals surface area contributed by atoms with Gasteiger partial charge in [-0.3, -0.25) is 9.48 Å². The largest absolute Gasteiger partial charge is 0.492 e. The van der Waals surface area contributed by atoms with Crippen LogP contribution in [0.3, 0.4) is 0 Å². The molecule has 118 valence electrons. The molecule has 0 saturated carbocycles. The van der Waals surface area contributed by atoms with Crippen molar-refractivity contribution in [1.29, 1.82) is 0 Å². The number of hydrogen-bond donors (Lipinski definition) is 1. The zero-order valence-electron chi connectivity index (χ0n) is 12.8. The third kappa shape index (κ3) is 4.49. The first kappa shape index (κ1) is 16.4.